The third-order valence-corrected chi connectivity index (χ3v) is 5.19. The molecule has 2 aromatic carbocycles. The van der Waals surface area contributed by atoms with Crippen LogP contribution in [0, 0.1) is 6.92 Å². The predicted octanol–water partition coefficient (Wildman–Crippen LogP) is 2.67. The summed E-state index contributed by atoms with van der Waals surface area (Å²) >= 11 is 0. The number of hydrogen-bond acceptors (Lipinski definition) is 5. The van der Waals surface area contributed by atoms with Gasteiger partial charge in [0.2, 0.25) is 10.0 Å². The Morgan fingerprint density at radius 1 is 1.21 bits per heavy atom. The number of sulfonamides is 1. The Balaban J connectivity index is 1.72. The largest absolute Gasteiger partial charge is 0.495 e. The van der Waals surface area contributed by atoms with Crippen LogP contribution in [0.2, 0.25) is 0 Å². The van der Waals surface area contributed by atoms with Crippen LogP contribution >= 0.6 is 0 Å². The van der Waals surface area contributed by atoms with Gasteiger partial charge in [-0.15, -0.1) is 0 Å². The third kappa shape index (κ3) is 3.42. The molecule has 1 N–H and O–H groups in total. The molecule has 0 unspecified atom stereocenters. The lowest BCUT2D eigenvalue weighted by molar-refractivity contribution is 0.402. The number of benzene rings is 2. The van der Waals surface area contributed by atoms with E-state index in [4.69, 9.17) is 9.15 Å². The molecule has 0 aliphatic heterocycles. The SMILES string of the molecule is COc1ccc(C)cc1S(=O)(=O)NCCc1ccc2ocnc2c1. The molecule has 7 heteroatoms. The zero-order chi connectivity index (χ0) is 17.2. The summed E-state index contributed by atoms with van der Waals surface area (Å²) in [5, 5.41) is 0. The summed E-state index contributed by atoms with van der Waals surface area (Å²) in [6.45, 7) is 2.12. The maximum atomic E-state index is 12.5. The van der Waals surface area contributed by atoms with Gasteiger partial charge in [-0.3, -0.25) is 0 Å². The molecule has 0 saturated carbocycles. The normalized spacial score (nSPS) is 11.8. The first-order valence-electron chi connectivity index (χ1n) is 7.46. The van der Waals surface area contributed by atoms with E-state index >= 15 is 0 Å². The monoisotopic (exact) mass is 346 g/mol. The van der Waals surface area contributed by atoms with E-state index in [2.05, 4.69) is 9.71 Å². The molecule has 1 aromatic heterocycles. The molecule has 6 nitrogen and oxygen atoms in total. The molecule has 0 spiro atoms. The second-order valence-corrected chi connectivity index (χ2v) is 7.19. The molecule has 126 valence electrons. The average molecular weight is 346 g/mol. The zero-order valence-electron chi connectivity index (χ0n) is 13.4. The van der Waals surface area contributed by atoms with Crippen LogP contribution in [0.5, 0.6) is 5.75 Å². The molecule has 3 rings (SSSR count). The van der Waals surface area contributed by atoms with Gasteiger partial charge in [0.1, 0.15) is 16.2 Å². The van der Waals surface area contributed by atoms with E-state index in [9.17, 15) is 8.42 Å². The Labute approximate surface area is 140 Å². The van der Waals surface area contributed by atoms with Crippen molar-refractivity contribution in [2.75, 3.05) is 13.7 Å². The van der Waals surface area contributed by atoms with Crippen molar-refractivity contribution in [3.8, 4) is 5.75 Å². The summed E-state index contributed by atoms with van der Waals surface area (Å²) in [4.78, 5) is 4.24. The van der Waals surface area contributed by atoms with Crippen molar-refractivity contribution in [2.45, 2.75) is 18.2 Å². The van der Waals surface area contributed by atoms with Crippen LogP contribution < -0.4 is 9.46 Å². The summed E-state index contributed by atoms with van der Waals surface area (Å²) in [5.74, 6) is 0.331. The minimum atomic E-state index is -3.64. The number of aromatic nitrogens is 1. The van der Waals surface area contributed by atoms with Crippen LogP contribution in [-0.4, -0.2) is 27.1 Å². The summed E-state index contributed by atoms with van der Waals surface area (Å²) in [5.41, 5.74) is 3.31. The lowest BCUT2D eigenvalue weighted by Crippen LogP contribution is -2.26. The smallest absolute Gasteiger partial charge is 0.244 e. The zero-order valence-corrected chi connectivity index (χ0v) is 14.3. The standard InChI is InChI=1S/C17H18N2O4S/c1-12-3-5-16(22-2)17(9-12)24(20,21)19-8-7-13-4-6-15-14(10-13)18-11-23-15/h3-6,9-11,19H,7-8H2,1-2H3. The summed E-state index contributed by atoms with van der Waals surface area (Å²) < 4.78 is 38.0. The van der Waals surface area contributed by atoms with Gasteiger partial charge >= 0.3 is 0 Å². The number of rotatable bonds is 6. The Morgan fingerprint density at radius 2 is 2.04 bits per heavy atom. The van der Waals surface area contributed by atoms with Gasteiger partial charge in [-0.1, -0.05) is 12.1 Å². The number of hydrogen-bond donors (Lipinski definition) is 1. The van der Waals surface area contributed by atoms with E-state index in [0.717, 1.165) is 16.6 Å². The Hall–Kier alpha value is -2.38. The molecular formula is C17H18N2O4S. The van der Waals surface area contributed by atoms with E-state index in [-0.39, 0.29) is 11.4 Å². The number of nitrogens with zero attached hydrogens (tertiary/aromatic N) is 1. The molecule has 3 aromatic rings. The maximum Gasteiger partial charge on any atom is 0.244 e. The molecule has 0 bridgehead atoms. The van der Waals surface area contributed by atoms with E-state index in [1.165, 1.54) is 13.5 Å². The number of fused-ring (bicyclic) bond motifs is 1. The lowest BCUT2D eigenvalue weighted by atomic mass is 10.1. The highest BCUT2D eigenvalue weighted by Gasteiger charge is 2.19. The predicted molar refractivity (Wildman–Crippen MR) is 90.6 cm³/mol. The molecular weight excluding hydrogens is 328 g/mol. The second-order valence-electron chi connectivity index (χ2n) is 5.46. The van der Waals surface area contributed by atoms with Crippen molar-refractivity contribution >= 4 is 21.1 Å². The van der Waals surface area contributed by atoms with Gasteiger partial charge in [0.25, 0.3) is 0 Å². The van der Waals surface area contributed by atoms with Gasteiger partial charge in [-0.05, 0) is 48.7 Å². The molecule has 0 saturated heterocycles. The summed E-state index contributed by atoms with van der Waals surface area (Å²) in [6.07, 6.45) is 1.94. The highest BCUT2D eigenvalue weighted by atomic mass is 32.2. The van der Waals surface area contributed by atoms with Crippen LogP contribution in [0.3, 0.4) is 0 Å². The van der Waals surface area contributed by atoms with Crippen molar-refractivity contribution in [1.82, 2.24) is 9.71 Å². The second kappa shape index (κ2) is 6.62. The first kappa shape index (κ1) is 16.5. The van der Waals surface area contributed by atoms with E-state index in [1.54, 1.807) is 12.1 Å². The quantitative estimate of drug-likeness (QED) is 0.742. The molecule has 0 radical (unpaired) electrons. The topological polar surface area (TPSA) is 81.4 Å². The Bertz CT molecular complexity index is 964. The van der Waals surface area contributed by atoms with Crippen LogP contribution in [0.15, 0.2) is 52.1 Å². The van der Waals surface area contributed by atoms with Crippen molar-refractivity contribution < 1.29 is 17.6 Å². The van der Waals surface area contributed by atoms with Crippen LogP contribution in [0.4, 0.5) is 0 Å². The highest BCUT2D eigenvalue weighted by molar-refractivity contribution is 7.89. The Kier molecular flexibility index (Phi) is 4.55. The highest BCUT2D eigenvalue weighted by Crippen LogP contribution is 2.24. The molecule has 0 aliphatic carbocycles. The van der Waals surface area contributed by atoms with Gasteiger partial charge in [-0.2, -0.15) is 0 Å². The van der Waals surface area contributed by atoms with Gasteiger partial charge in [-0.25, -0.2) is 18.1 Å². The number of ether oxygens (including phenoxy) is 1. The molecule has 24 heavy (non-hydrogen) atoms. The number of methoxy groups -OCH3 is 1. The minimum Gasteiger partial charge on any atom is -0.495 e. The lowest BCUT2D eigenvalue weighted by Gasteiger charge is -2.11. The van der Waals surface area contributed by atoms with Crippen molar-refractivity contribution in [3.63, 3.8) is 0 Å². The molecule has 0 fully saturated rings. The van der Waals surface area contributed by atoms with E-state index in [1.807, 2.05) is 31.2 Å². The first-order valence-corrected chi connectivity index (χ1v) is 8.94. The van der Waals surface area contributed by atoms with Crippen molar-refractivity contribution in [3.05, 3.63) is 53.9 Å². The summed E-state index contributed by atoms with van der Waals surface area (Å²) in [7, 11) is -2.18. The van der Waals surface area contributed by atoms with Gasteiger partial charge in [0, 0.05) is 6.54 Å². The fourth-order valence-corrected chi connectivity index (χ4v) is 3.74. The average Bonchev–Trinajstić information content (AvgIpc) is 3.02. The summed E-state index contributed by atoms with van der Waals surface area (Å²) in [6, 6.07) is 10.7. The number of oxazole rings is 1. The number of nitrogens with one attached hydrogen (secondary N) is 1. The fraction of sp³-hybridized carbons (Fsp3) is 0.235. The first-order chi connectivity index (χ1) is 11.5. The van der Waals surface area contributed by atoms with Crippen LogP contribution in [0.25, 0.3) is 11.1 Å². The van der Waals surface area contributed by atoms with E-state index < -0.39 is 10.0 Å². The number of aryl methyl sites for hydroxylation is 1. The Morgan fingerprint density at radius 3 is 2.83 bits per heavy atom. The minimum absolute atomic E-state index is 0.150. The van der Waals surface area contributed by atoms with Crippen molar-refractivity contribution in [2.24, 2.45) is 0 Å². The third-order valence-electron chi connectivity index (χ3n) is 3.71. The molecule has 1 heterocycles. The van der Waals surface area contributed by atoms with Gasteiger partial charge < -0.3 is 9.15 Å². The fourth-order valence-electron chi connectivity index (χ4n) is 2.46. The van der Waals surface area contributed by atoms with Gasteiger partial charge in [0.05, 0.1) is 7.11 Å². The van der Waals surface area contributed by atoms with Crippen molar-refractivity contribution in [1.29, 1.82) is 0 Å². The van der Waals surface area contributed by atoms with Crippen LogP contribution in [-0.2, 0) is 16.4 Å². The van der Waals surface area contributed by atoms with Crippen LogP contribution in [0.1, 0.15) is 11.1 Å². The van der Waals surface area contributed by atoms with Gasteiger partial charge in [0.15, 0.2) is 12.0 Å². The molecule has 0 aliphatic rings. The maximum absolute atomic E-state index is 12.5. The molecule has 0 atom stereocenters. The van der Waals surface area contributed by atoms with E-state index in [0.29, 0.717) is 17.8 Å². The molecule has 0 amide bonds.